The van der Waals surface area contributed by atoms with Crippen LogP contribution in [0.2, 0.25) is 0 Å². The molecule has 0 aliphatic carbocycles. The minimum atomic E-state index is 0.175. The number of pyridine rings is 1. The van der Waals surface area contributed by atoms with Crippen molar-refractivity contribution in [3.8, 4) is 0 Å². The highest BCUT2D eigenvalue weighted by molar-refractivity contribution is 7.11. The van der Waals surface area contributed by atoms with Crippen molar-refractivity contribution >= 4 is 23.0 Å². The Morgan fingerprint density at radius 2 is 2.05 bits per heavy atom. The summed E-state index contributed by atoms with van der Waals surface area (Å²) < 4.78 is 0. The molecule has 0 aromatic carbocycles. The van der Waals surface area contributed by atoms with Gasteiger partial charge in [-0.15, -0.1) is 11.3 Å². The summed E-state index contributed by atoms with van der Waals surface area (Å²) in [6.45, 7) is 7.36. The Morgan fingerprint density at radius 3 is 2.75 bits per heavy atom. The van der Waals surface area contributed by atoms with Gasteiger partial charge in [-0.1, -0.05) is 19.9 Å². The van der Waals surface area contributed by atoms with Gasteiger partial charge in [0.15, 0.2) is 0 Å². The van der Waals surface area contributed by atoms with E-state index < -0.39 is 0 Å². The Bertz CT molecular complexity index is 538. The number of rotatable bonds is 7. The van der Waals surface area contributed by atoms with Crippen LogP contribution in [0.1, 0.15) is 43.1 Å². The van der Waals surface area contributed by atoms with Crippen molar-refractivity contribution in [2.45, 2.75) is 39.7 Å². The van der Waals surface area contributed by atoms with Gasteiger partial charge >= 0.3 is 0 Å². The molecule has 0 amide bonds. The standard InChI is InChI=1S/C15H22N4S/c1-4-9-16-13-7-6-8-14(19-13)18-11(3)15-17-10-12(5-2)20-15/h6-8,10-11H,4-5,9H2,1-3H3,(H2,16,18,19). The molecule has 0 aliphatic rings. The van der Waals surface area contributed by atoms with Crippen molar-refractivity contribution in [1.29, 1.82) is 0 Å². The predicted octanol–water partition coefficient (Wildman–Crippen LogP) is 4.10. The second kappa shape index (κ2) is 7.24. The van der Waals surface area contributed by atoms with Crippen molar-refractivity contribution in [1.82, 2.24) is 9.97 Å². The molecule has 5 heteroatoms. The highest BCUT2D eigenvalue weighted by Crippen LogP contribution is 2.23. The third kappa shape index (κ3) is 3.93. The van der Waals surface area contributed by atoms with E-state index in [9.17, 15) is 0 Å². The smallest absolute Gasteiger partial charge is 0.128 e. The number of nitrogens with one attached hydrogen (secondary N) is 2. The van der Waals surface area contributed by atoms with Crippen LogP contribution in [-0.2, 0) is 6.42 Å². The molecule has 0 bridgehead atoms. The van der Waals surface area contributed by atoms with Crippen LogP contribution in [0.5, 0.6) is 0 Å². The molecule has 0 saturated carbocycles. The molecule has 2 N–H and O–H groups in total. The molecule has 20 heavy (non-hydrogen) atoms. The number of nitrogens with zero attached hydrogens (tertiary/aromatic N) is 2. The number of hydrogen-bond donors (Lipinski definition) is 2. The summed E-state index contributed by atoms with van der Waals surface area (Å²) in [5, 5.41) is 7.81. The molecule has 0 radical (unpaired) electrons. The predicted molar refractivity (Wildman–Crippen MR) is 86.5 cm³/mol. The number of thiazole rings is 1. The molecule has 0 aliphatic heterocycles. The van der Waals surface area contributed by atoms with E-state index in [-0.39, 0.29) is 6.04 Å². The second-order valence-corrected chi connectivity index (χ2v) is 5.87. The zero-order valence-electron chi connectivity index (χ0n) is 12.3. The Hall–Kier alpha value is -1.62. The van der Waals surface area contributed by atoms with E-state index in [1.165, 1.54) is 4.88 Å². The summed E-state index contributed by atoms with van der Waals surface area (Å²) in [4.78, 5) is 10.3. The summed E-state index contributed by atoms with van der Waals surface area (Å²) in [6, 6.07) is 6.17. The molecule has 0 fully saturated rings. The molecule has 108 valence electrons. The summed E-state index contributed by atoms with van der Waals surface area (Å²) in [5.74, 6) is 1.80. The lowest BCUT2D eigenvalue weighted by atomic mass is 10.3. The van der Waals surface area contributed by atoms with Crippen LogP contribution in [0.4, 0.5) is 11.6 Å². The summed E-state index contributed by atoms with van der Waals surface area (Å²) in [5.41, 5.74) is 0. The topological polar surface area (TPSA) is 49.8 Å². The van der Waals surface area contributed by atoms with Gasteiger partial charge in [-0.2, -0.15) is 0 Å². The van der Waals surface area contributed by atoms with E-state index >= 15 is 0 Å². The van der Waals surface area contributed by atoms with Crippen LogP contribution in [0.15, 0.2) is 24.4 Å². The first-order valence-corrected chi connectivity index (χ1v) is 7.96. The Morgan fingerprint density at radius 1 is 1.25 bits per heavy atom. The summed E-state index contributed by atoms with van der Waals surface area (Å²) in [7, 11) is 0. The van der Waals surface area contributed by atoms with Crippen LogP contribution >= 0.6 is 11.3 Å². The van der Waals surface area contributed by atoms with Crippen LogP contribution in [0.3, 0.4) is 0 Å². The van der Waals surface area contributed by atoms with Crippen molar-refractivity contribution in [2.75, 3.05) is 17.2 Å². The maximum Gasteiger partial charge on any atom is 0.128 e. The average Bonchev–Trinajstić information content (AvgIpc) is 2.94. The van der Waals surface area contributed by atoms with Gasteiger partial charge in [-0.3, -0.25) is 0 Å². The van der Waals surface area contributed by atoms with Gasteiger partial charge in [-0.05, 0) is 31.9 Å². The fourth-order valence-corrected chi connectivity index (χ4v) is 2.70. The lowest BCUT2D eigenvalue weighted by Gasteiger charge is -2.13. The zero-order valence-corrected chi connectivity index (χ0v) is 13.1. The molecule has 0 saturated heterocycles. The maximum atomic E-state index is 4.56. The maximum absolute atomic E-state index is 4.56. The van der Waals surface area contributed by atoms with Gasteiger partial charge < -0.3 is 10.6 Å². The van der Waals surface area contributed by atoms with Gasteiger partial charge in [0.2, 0.25) is 0 Å². The fourth-order valence-electron chi connectivity index (χ4n) is 1.84. The molecule has 1 unspecified atom stereocenters. The highest BCUT2D eigenvalue weighted by atomic mass is 32.1. The number of aromatic nitrogens is 2. The van der Waals surface area contributed by atoms with E-state index in [2.05, 4.69) is 41.4 Å². The van der Waals surface area contributed by atoms with E-state index in [1.807, 2.05) is 24.4 Å². The Kier molecular flexibility index (Phi) is 5.35. The summed E-state index contributed by atoms with van der Waals surface area (Å²) >= 11 is 1.76. The third-order valence-corrected chi connectivity index (χ3v) is 4.28. The molecule has 1 atom stereocenters. The molecular formula is C15H22N4S. The lowest BCUT2D eigenvalue weighted by molar-refractivity contribution is 0.860. The molecule has 2 heterocycles. The van der Waals surface area contributed by atoms with Crippen molar-refractivity contribution < 1.29 is 0 Å². The largest absolute Gasteiger partial charge is 0.370 e. The first-order chi connectivity index (χ1) is 9.72. The second-order valence-electron chi connectivity index (χ2n) is 4.72. The first kappa shape index (κ1) is 14.8. The highest BCUT2D eigenvalue weighted by Gasteiger charge is 2.10. The Balaban J connectivity index is 2.01. The van der Waals surface area contributed by atoms with Gasteiger partial charge in [-0.25, -0.2) is 9.97 Å². The van der Waals surface area contributed by atoms with E-state index in [0.29, 0.717) is 0 Å². The molecule has 2 rings (SSSR count). The van der Waals surface area contributed by atoms with Crippen molar-refractivity contribution in [3.63, 3.8) is 0 Å². The van der Waals surface area contributed by atoms with E-state index in [0.717, 1.165) is 36.0 Å². The van der Waals surface area contributed by atoms with E-state index in [4.69, 9.17) is 0 Å². The zero-order chi connectivity index (χ0) is 14.4. The molecule has 2 aromatic rings. The van der Waals surface area contributed by atoms with E-state index in [1.54, 1.807) is 11.3 Å². The Labute approximate surface area is 124 Å². The molecule has 0 spiro atoms. The third-order valence-electron chi connectivity index (χ3n) is 2.96. The minimum Gasteiger partial charge on any atom is -0.370 e. The normalized spacial score (nSPS) is 12.2. The van der Waals surface area contributed by atoms with Gasteiger partial charge in [0.1, 0.15) is 16.6 Å². The monoisotopic (exact) mass is 290 g/mol. The van der Waals surface area contributed by atoms with Gasteiger partial charge in [0.25, 0.3) is 0 Å². The quantitative estimate of drug-likeness (QED) is 0.806. The van der Waals surface area contributed by atoms with Crippen molar-refractivity contribution in [3.05, 3.63) is 34.3 Å². The molecular weight excluding hydrogens is 268 g/mol. The van der Waals surface area contributed by atoms with Crippen LogP contribution in [0, 0.1) is 0 Å². The number of hydrogen-bond acceptors (Lipinski definition) is 5. The van der Waals surface area contributed by atoms with Gasteiger partial charge in [0, 0.05) is 17.6 Å². The van der Waals surface area contributed by atoms with Crippen LogP contribution in [0.25, 0.3) is 0 Å². The number of aryl methyl sites for hydroxylation is 1. The lowest BCUT2D eigenvalue weighted by Crippen LogP contribution is -2.09. The molecule has 4 nitrogen and oxygen atoms in total. The number of anilines is 2. The average molecular weight is 290 g/mol. The van der Waals surface area contributed by atoms with Crippen LogP contribution in [-0.4, -0.2) is 16.5 Å². The molecule has 2 aromatic heterocycles. The first-order valence-electron chi connectivity index (χ1n) is 7.15. The fraction of sp³-hybridized carbons (Fsp3) is 0.467. The summed E-state index contributed by atoms with van der Waals surface area (Å²) in [6.07, 6.45) is 4.10. The minimum absolute atomic E-state index is 0.175. The van der Waals surface area contributed by atoms with Crippen LogP contribution < -0.4 is 10.6 Å². The van der Waals surface area contributed by atoms with Gasteiger partial charge in [0.05, 0.1) is 6.04 Å². The van der Waals surface area contributed by atoms with Crippen molar-refractivity contribution in [2.24, 2.45) is 0 Å². The SMILES string of the molecule is CCCNc1cccc(NC(C)c2ncc(CC)s2)n1.